The van der Waals surface area contributed by atoms with Crippen molar-refractivity contribution in [2.75, 3.05) is 37.7 Å². The third-order valence-corrected chi connectivity index (χ3v) is 5.02. The zero-order chi connectivity index (χ0) is 17.2. The third-order valence-electron chi connectivity index (χ3n) is 5.02. The molecule has 2 aliphatic heterocycles. The van der Waals surface area contributed by atoms with E-state index >= 15 is 0 Å². The van der Waals surface area contributed by atoms with Gasteiger partial charge in [0.1, 0.15) is 11.9 Å². The molecule has 0 radical (unpaired) electrons. The molecule has 2 aromatic rings. The first-order valence-corrected chi connectivity index (χ1v) is 9.25. The predicted molar refractivity (Wildman–Crippen MR) is 94.7 cm³/mol. The van der Waals surface area contributed by atoms with Crippen molar-refractivity contribution in [1.82, 2.24) is 19.5 Å². The Bertz CT molecular complexity index is 745. The molecule has 0 bridgehead atoms. The molecular formula is C18H25N5O2. The van der Waals surface area contributed by atoms with Crippen LogP contribution in [0.1, 0.15) is 31.9 Å². The highest BCUT2D eigenvalue weighted by molar-refractivity contribution is 5.81. The summed E-state index contributed by atoms with van der Waals surface area (Å²) in [5.41, 5.74) is 1.99. The molecule has 2 aliphatic rings. The summed E-state index contributed by atoms with van der Waals surface area (Å²) in [6, 6.07) is 4.08. The van der Waals surface area contributed by atoms with E-state index < -0.39 is 0 Å². The van der Waals surface area contributed by atoms with Crippen LogP contribution in [0.15, 0.2) is 18.3 Å². The Morgan fingerprint density at radius 2 is 2.16 bits per heavy atom. The molecule has 134 valence electrons. The molecule has 7 nitrogen and oxygen atoms in total. The van der Waals surface area contributed by atoms with Crippen LogP contribution in [0, 0.1) is 0 Å². The summed E-state index contributed by atoms with van der Waals surface area (Å²) in [5, 5.41) is 4.42. The number of carbonyl (C=O) groups is 1. The van der Waals surface area contributed by atoms with Gasteiger partial charge >= 0.3 is 0 Å². The molecule has 7 heteroatoms. The second-order valence-electron chi connectivity index (χ2n) is 6.77. The molecule has 1 atom stereocenters. The van der Waals surface area contributed by atoms with E-state index in [4.69, 9.17) is 4.74 Å². The van der Waals surface area contributed by atoms with Crippen LogP contribution >= 0.6 is 0 Å². The third kappa shape index (κ3) is 3.20. The number of amides is 1. The van der Waals surface area contributed by atoms with Gasteiger partial charge in [-0.1, -0.05) is 13.3 Å². The molecule has 0 spiro atoms. The van der Waals surface area contributed by atoms with Crippen molar-refractivity contribution < 1.29 is 9.53 Å². The van der Waals surface area contributed by atoms with Crippen LogP contribution in [0.25, 0.3) is 5.65 Å². The molecule has 4 rings (SSSR count). The average Bonchev–Trinajstić information content (AvgIpc) is 3.32. The van der Waals surface area contributed by atoms with Crippen molar-refractivity contribution in [2.45, 2.75) is 38.7 Å². The lowest BCUT2D eigenvalue weighted by atomic mass is 10.2. The second kappa shape index (κ2) is 7.00. The van der Waals surface area contributed by atoms with Gasteiger partial charge in [0.15, 0.2) is 5.65 Å². The van der Waals surface area contributed by atoms with E-state index in [1.54, 1.807) is 6.20 Å². The van der Waals surface area contributed by atoms with E-state index in [0.29, 0.717) is 6.61 Å². The van der Waals surface area contributed by atoms with Crippen molar-refractivity contribution >= 4 is 17.4 Å². The minimum atomic E-state index is -0.221. The Hall–Kier alpha value is -2.15. The Kier molecular flexibility index (Phi) is 4.57. The standard InChI is InChI=1S/C18H25N5O2/c1-2-4-14-13-17(23-16(20-14)6-7-19-23)21-8-10-22(11-9-21)18(24)15-5-3-12-25-15/h6-7,13,15H,2-5,8-12H2,1H3. The number of ether oxygens (including phenoxy) is 1. The van der Waals surface area contributed by atoms with Crippen LogP contribution in [-0.4, -0.2) is 64.3 Å². The van der Waals surface area contributed by atoms with E-state index in [9.17, 15) is 4.79 Å². The first-order chi connectivity index (χ1) is 12.3. The highest BCUT2D eigenvalue weighted by Crippen LogP contribution is 2.21. The maximum Gasteiger partial charge on any atom is 0.251 e. The van der Waals surface area contributed by atoms with Gasteiger partial charge in [0.25, 0.3) is 5.91 Å². The molecule has 0 saturated carbocycles. The van der Waals surface area contributed by atoms with Gasteiger partial charge in [0.2, 0.25) is 0 Å². The number of aromatic nitrogens is 3. The highest BCUT2D eigenvalue weighted by Gasteiger charge is 2.30. The number of hydrogen-bond donors (Lipinski definition) is 0. The number of fused-ring (bicyclic) bond motifs is 1. The van der Waals surface area contributed by atoms with E-state index in [1.807, 2.05) is 15.5 Å². The Morgan fingerprint density at radius 1 is 1.32 bits per heavy atom. The molecular weight excluding hydrogens is 318 g/mol. The summed E-state index contributed by atoms with van der Waals surface area (Å²) in [7, 11) is 0. The summed E-state index contributed by atoms with van der Waals surface area (Å²) in [6.45, 7) is 5.95. The summed E-state index contributed by atoms with van der Waals surface area (Å²) >= 11 is 0. The average molecular weight is 343 g/mol. The minimum absolute atomic E-state index is 0.155. The molecule has 2 fully saturated rings. The Morgan fingerprint density at radius 3 is 2.88 bits per heavy atom. The minimum Gasteiger partial charge on any atom is -0.368 e. The molecule has 1 amide bonds. The van der Waals surface area contributed by atoms with Crippen molar-refractivity contribution in [3.05, 3.63) is 24.0 Å². The number of hydrogen-bond acceptors (Lipinski definition) is 5. The van der Waals surface area contributed by atoms with Crippen LogP contribution in [0.4, 0.5) is 5.82 Å². The number of aryl methyl sites for hydroxylation is 1. The van der Waals surface area contributed by atoms with Crippen LogP contribution in [0.5, 0.6) is 0 Å². The van der Waals surface area contributed by atoms with Gasteiger partial charge in [-0.05, 0) is 19.3 Å². The van der Waals surface area contributed by atoms with Crippen LogP contribution in [0.2, 0.25) is 0 Å². The fourth-order valence-corrected chi connectivity index (χ4v) is 3.69. The maximum atomic E-state index is 12.5. The largest absolute Gasteiger partial charge is 0.368 e. The molecule has 2 saturated heterocycles. The number of carbonyl (C=O) groups excluding carboxylic acids is 1. The lowest BCUT2D eigenvalue weighted by Crippen LogP contribution is -2.51. The smallest absolute Gasteiger partial charge is 0.251 e. The number of rotatable bonds is 4. The summed E-state index contributed by atoms with van der Waals surface area (Å²) in [5.74, 6) is 1.23. The summed E-state index contributed by atoms with van der Waals surface area (Å²) in [6.07, 6.45) is 5.45. The number of nitrogens with zero attached hydrogens (tertiary/aromatic N) is 5. The highest BCUT2D eigenvalue weighted by atomic mass is 16.5. The van der Waals surface area contributed by atoms with Crippen LogP contribution in [0.3, 0.4) is 0 Å². The molecule has 2 aromatic heterocycles. The maximum absolute atomic E-state index is 12.5. The molecule has 4 heterocycles. The topological polar surface area (TPSA) is 63.0 Å². The number of piperazine rings is 1. The normalized spacial score (nSPS) is 21.2. The SMILES string of the molecule is CCCc1cc(N2CCN(C(=O)C3CCCO3)CC2)n2nccc2n1. The van der Waals surface area contributed by atoms with Gasteiger partial charge in [-0.2, -0.15) is 9.61 Å². The van der Waals surface area contributed by atoms with Crippen LogP contribution in [-0.2, 0) is 16.0 Å². The van der Waals surface area contributed by atoms with E-state index in [2.05, 4.69) is 28.0 Å². The Balaban J connectivity index is 1.49. The summed E-state index contributed by atoms with van der Waals surface area (Å²) < 4.78 is 7.44. The molecule has 0 aliphatic carbocycles. The predicted octanol–water partition coefficient (Wildman–Crippen LogP) is 1.51. The van der Waals surface area contributed by atoms with E-state index in [0.717, 1.165) is 69.0 Å². The Labute approximate surface area is 147 Å². The molecule has 0 aromatic carbocycles. The van der Waals surface area contributed by atoms with Gasteiger partial charge in [0, 0.05) is 50.6 Å². The second-order valence-corrected chi connectivity index (χ2v) is 6.77. The van der Waals surface area contributed by atoms with Crippen molar-refractivity contribution in [1.29, 1.82) is 0 Å². The quantitative estimate of drug-likeness (QED) is 0.842. The van der Waals surface area contributed by atoms with Gasteiger partial charge in [-0.15, -0.1) is 0 Å². The lowest BCUT2D eigenvalue weighted by molar-refractivity contribution is -0.141. The fraction of sp³-hybridized carbons (Fsp3) is 0.611. The van der Waals surface area contributed by atoms with E-state index in [-0.39, 0.29) is 12.0 Å². The fourth-order valence-electron chi connectivity index (χ4n) is 3.69. The summed E-state index contributed by atoms with van der Waals surface area (Å²) in [4.78, 5) is 21.4. The lowest BCUT2D eigenvalue weighted by Gasteiger charge is -2.37. The number of anilines is 1. The van der Waals surface area contributed by atoms with Gasteiger partial charge in [-0.25, -0.2) is 4.98 Å². The zero-order valence-corrected chi connectivity index (χ0v) is 14.7. The van der Waals surface area contributed by atoms with Crippen molar-refractivity contribution in [3.63, 3.8) is 0 Å². The molecule has 1 unspecified atom stereocenters. The first-order valence-electron chi connectivity index (χ1n) is 9.25. The van der Waals surface area contributed by atoms with Crippen molar-refractivity contribution in [2.24, 2.45) is 0 Å². The molecule has 0 N–H and O–H groups in total. The van der Waals surface area contributed by atoms with Crippen LogP contribution < -0.4 is 4.90 Å². The molecule has 25 heavy (non-hydrogen) atoms. The van der Waals surface area contributed by atoms with Crippen molar-refractivity contribution in [3.8, 4) is 0 Å². The van der Waals surface area contributed by atoms with Gasteiger partial charge < -0.3 is 14.5 Å². The van der Waals surface area contributed by atoms with Gasteiger partial charge in [-0.3, -0.25) is 4.79 Å². The van der Waals surface area contributed by atoms with Gasteiger partial charge in [0.05, 0.1) is 6.20 Å². The monoisotopic (exact) mass is 343 g/mol. The first kappa shape index (κ1) is 16.3. The zero-order valence-electron chi connectivity index (χ0n) is 14.7. The van der Waals surface area contributed by atoms with E-state index in [1.165, 1.54) is 0 Å².